The summed E-state index contributed by atoms with van der Waals surface area (Å²) in [7, 11) is 0. The Morgan fingerprint density at radius 2 is 1.76 bits per heavy atom. The van der Waals surface area contributed by atoms with Crippen LogP contribution >= 0.6 is 11.8 Å². The number of rotatable bonds is 9. The fourth-order valence-corrected chi connectivity index (χ4v) is 5.97. The van der Waals surface area contributed by atoms with Crippen molar-refractivity contribution in [3.63, 3.8) is 0 Å². The van der Waals surface area contributed by atoms with Crippen molar-refractivity contribution in [3.05, 3.63) is 70.9 Å². The largest absolute Gasteiger partial charge is 0.349 e. The van der Waals surface area contributed by atoms with Gasteiger partial charge >= 0.3 is 0 Å². The first-order valence-corrected chi connectivity index (χ1v) is 14.6. The Balaban J connectivity index is 0.000000405. The van der Waals surface area contributed by atoms with Gasteiger partial charge in [-0.25, -0.2) is 4.98 Å². The van der Waals surface area contributed by atoms with E-state index in [2.05, 4.69) is 75.6 Å². The molecule has 2 aromatic heterocycles. The molecule has 4 heterocycles. The van der Waals surface area contributed by atoms with E-state index in [9.17, 15) is 4.79 Å². The van der Waals surface area contributed by atoms with Gasteiger partial charge in [-0.1, -0.05) is 68.9 Å². The topological polar surface area (TPSA) is 52.9 Å². The smallest absolute Gasteiger partial charge is 0.258 e. The summed E-state index contributed by atoms with van der Waals surface area (Å²) < 4.78 is 2.09. The number of carbonyl (C=O) groups excluding carboxylic acids is 1. The molecule has 2 aliphatic rings. The summed E-state index contributed by atoms with van der Waals surface area (Å²) in [6.07, 6.45) is 8.13. The summed E-state index contributed by atoms with van der Waals surface area (Å²) >= 11 is 1.52. The SMILES string of the molecule is CCN(CC)CC.O=C(NC1CCN(CCCc2ccccc2)CC1)C1=Cc2cnc3cccc(n23)S1. The van der Waals surface area contributed by atoms with E-state index in [1.54, 1.807) is 0 Å². The number of nitrogens with one attached hydrogen (secondary N) is 1. The Labute approximate surface area is 226 Å². The third kappa shape index (κ3) is 7.46. The number of carbonyl (C=O) groups is 1. The van der Waals surface area contributed by atoms with Crippen LogP contribution in [0, 0.1) is 0 Å². The molecular weight excluding hydrogens is 478 g/mol. The molecule has 0 bridgehead atoms. The van der Waals surface area contributed by atoms with Crippen molar-refractivity contribution >= 4 is 29.4 Å². The molecule has 6 nitrogen and oxygen atoms in total. The molecule has 0 atom stereocenters. The third-order valence-corrected chi connectivity index (χ3v) is 8.34. The molecule has 1 saturated heterocycles. The second-order valence-corrected chi connectivity index (χ2v) is 10.7. The van der Waals surface area contributed by atoms with Crippen molar-refractivity contribution < 1.29 is 4.79 Å². The van der Waals surface area contributed by atoms with Crippen LogP contribution in [0.2, 0.25) is 0 Å². The third-order valence-electron chi connectivity index (χ3n) is 7.29. The lowest BCUT2D eigenvalue weighted by Crippen LogP contribution is -2.45. The summed E-state index contributed by atoms with van der Waals surface area (Å²) in [4.78, 5) is 23.0. The van der Waals surface area contributed by atoms with Gasteiger partial charge in [-0.2, -0.15) is 0 Å². The molecule has 0 aliphatic carbocycles. The Morgan fingerprint density at radius 1 is 1.03 bits per heavy atom. The predicted molar refractivity (Wildman–Crippen MR) is 155 cm³/mol. The fraction of sp³-hybridized carbons (Fsp3) is 0.467. The average molecular weight is 520 g/mol. The summed E-state index contributed by atoms with van der Waals surface area (Å²) in [5.74, 6) is 0.0342. The highest BCUT2D eigenvalue weighted by atomic mass is 32.2. The van der Waals surface area contributed by atoms with Crippen molar-refractivity contribution in [1.29, 1.82) is 0 Å². The molecule has 7 heteroatoms. The number of likely N-dealkylation sites (tertiary alicyclic amines) is 1. The molecule has 198 valence electrons. The lowest BCUT2D eigenvalue weighted by atomic mass is 10.0. The maximum absolute atomic E-state index is 12.9. The van der Waals surface area contributed by atoms with E-state index >= 15 is 0 Å². The minimum atomic E-state index is 0.0342. The molecule has 1 aromatic carbocycles. The fourth-order valence-electron chi connectivity index (χ4n) is 4.98. The van der Waals surface area contributed by atoms with Gasteiger partial charge in [0, 0.05) is 19.1 Å². The number of hydrogen-bond acceptors (Lipinski definition) is 5. The number of hydrogen-bond donors (Lipinski definition) is 1. The highest BCUT2D eigenvalue weighted by Crippen LogP contribution is 2.34. The number of piperidine rings is 1. The van der Waals surface area contributed by atoms with Crippen molar-refractivity contribution in [2.24, 2.45) is 0 Å². The van der Waals surface area contributed by atoms with Gasteiger partial charge in [-0.15, -0.1) is 0 Å². The maximum Gasteiger partial charge on any atom is 0.258 e. The second kappa shape index (κ2) is 13.8. The Kier molecular flexibility index (Phi) is 10.2. The number of benzene rings is 1. The first kappa shape index (κ1) is 27.4. The lowest BCUT2D eigenvalue weighted by molar-refractivity contribution is -0.117. The van der Waals surface area contributed by atoms with Crippen LogP contribution in [0.1, 0.15) is 51.3 Å². The maximum atomic E-state index is 12.9. The zero-order chi connectivity index (χ0) is 26.0. The van der Waals surface area contributed by atoms with Crippen LogP contribution in [-0.4, -0.2) is 70.4 Å². The normalized spacial score (nSPS) is 15.8. The lowest BCUT2D eigenvalue weighted by Gasteiger charge is -2.32. The van der Waals surface area contributed by atoms with Crippen molar-refractivity contribution in [1.82, 2.24) is 24.5 Å². The molecule has 1 fully saturated rings. The molecule has 0 unspecified atom stereocenters. The van der Waals surface area contributed by atoms with E-state index in [4.69, 9.17) is 0 Å². The number of nitrogens with zero attached hydrogens (tertiary/aromatic N) is 4. The Morgan fingerprint density at radius 3 is 2.43 bits per heavy atom. The quantitative estimate of drug-likeness (QED) is 0.413. The predicted octanol–water partition coefficient (Wildman–Crippen LogP) is 5.34. The number of pyridine rings is 1. The van der Waals surface area contributed by atoms with Gasteiger partial charge in [0.05, 0.1) is 21.8 Å². The van der Waals surface area contributed by atoms with Gasteiger partial charge in [0.25, 0.3) is 5.91 Å². The Hall–Kier alpha value is -2.61. The van der Waals surface area contributed by atoms with Crippen molar-refractivity contribution in [3.8, 4) is 0 Å². The zero-order valence-electron chi connectivity index (χ0n) is 22.5. The van der Waals surface area contributed by atoms with E-state index in [1.165, 1.54) is 43.4 Å². The standard InChI is InChI=1S/C24H26N4OS.C6H15N/c29-24(21-16-20-17-25-22-9-4-10-23(30-21)28(20)22)26-19-11-14-27(15-12-19)13-5-8-18-6-2-1-3-7-18;1-4-7(5-2)6-3/h1-4,6-7,9-10,16-17,19H,5,8,11-15H2,(H,26,29);4-6H2,1-3H3. The monoisotopic (exact) mass is 519 g/mol. The second-order valence-electron chi connectivity index (χ2n) is 9.65. The van der Waals surface area contributed by atoms with Crippen LogP contribution in [-0.2, 0) is 11.2 Å². The number of amides is 1. The van der Waals surface area contributed by atoms with Crippen LogP contribution < -0.4 is 5.32 Å². The van der Waals surface area contributed by atoms with E-state index in [1.807, 2.05) is 30.5 Å². The number of aromatic nitrogens is 2. The molecule has 1 amide bonds. The van der Waals surface area contributed by atoms with Crippen LogP contribution in [0.4, 0.5) is 0 Å². The summed E-state index contributed by atoms with van der Waals surface area (Å²) in [6.45, 7) is 13.4. The molecule has 1 N–H and O–H groups in total. The first-order valence-electron chi connectivity index (χ1n) is 13.8. The van der Waals surface area contributed by atoms with Gasteiger partial charge < -0.3 is 15.1 Å². The Bertz CT molecular complexity index is 1160. The van der Waals surface area contributed by atoms with Crippen molar-refractivity contribution in [2.45, 2.75) is 57.5 Å². The molecule has 37 heavy (non-hydrogen) atoms. The number of thioether (sulfide) groups is 1. The van der Waals surface area contributed by atoms with Crippen LogP contribution in [0.3, 0.4) is 0 Å². The van der Waals surface area contributed by atoms with Gasteiger partial charge in [0.15, 0.2) is 0 Å². The van der Waals surface area contributed by atoms with Gasteiger partial charge in [-0.3, -0.25) is 9.20 Å². The summed E-state index contributed by atoms with van der Waals surface area (Å²) in [5, 5.41) is 4.30. The molecule has 0 saturated carbocycles. The molecule has 3 aromatic rings. The summed E-state index contributed by atoms with van der Waals surface area (Å²) in [5.41, 5.74) is 3.30. The van der Waals surface area contributed by atoms with Gasteiger partial charge in [-0.05, 0) is 75.6 Å². The molecule has 5 rings (SSSR count). The van der Waals surface area contributed by atoms with Crippen LogP contribution in [0.5, 0.6) is 0 Å². The molecular formula is C30H41N5OS. The zero-order valence-corrected chi connectivity index (χ0v) is 23.3. The minimum Gasteiger partial charge on any atom is -0.349 e. The molecule has 0 radical (unpaired) electrons. The highest BCUT2D eigenvalue weighted by Gasteiger charge is 2.24. The minimum absolute atomic E-state index is 0.0342. The van der Waals surface area contributed by atoms with E-state index in [0.29, 0.717) is 0 Å². The first-order chi connectivity index (χ1) is 18.1. The highest BCUT2D eigenvalue weighted by molar-refractivity contribution is 8.04. The molecule has 2 aliphatic heterocycles. The molecule has 0 spiro atoms. The van der Waals surface area contributed by atoms with E-state index < -0.39 is 0 Å². The van der Waals surface area contributed by atoms with Crippen LogP contribution in [0.15, 0.2) is 64.7 Å². The van der Waals surface area contributed by atoms with Gasteiger partial charge in [0.1, 0.15) is 5.65 Å². The van der Waals surface area contributed by atoms with E-state index in [0.717, 1.165) is 60.2 Å². The van der Waals surface area contributed by atoms with E-state index in [-0.39, 0.29) is 11.9 Å². The van der Waals surface area contributed by atoms with Crippen LogP contribution in [0.25, 0.3) is 11.7 Å². The average Bonchev–Trinajstić information content (AvgIpc) is 3.36. The number of imidazole rings is 1. The van der Waals surface area contributed by atoms with Gasteiger partial charge in [0.2, 0.25) is 0 Å². The number of aryl methyl sites for hydroxylation is 1. The summed E-state index contributed by atoms with van der Waals surface area (Å²) in [6, 6.07) is 17.0. The van der Waals surface area contributed by atoms with Crippen molar-refractivity contribution in [2.75, 3.05) is 39.3 Å².